The zero-order valence-corrected chi connectivity index (χ0v) is 22.1. The molecule has 1 atom stereocenters. The Labute approximate surface area is 219 Å². The number of anilines is 1. The maximum Gasteiger partial charge on any atom is 0.337 e. The van der Waals surface area contributed by atoms with Crippen molar-refractivity contribution in [3.8, 4) is 6.07 Å². The molecule has 3 rings (SSSR count). The predicted molar refractivity (Wildman–Crippen MR) is 141 cm³/mol. The fourth-order valence-corrected chi connectivity index (χ4v) is 4.73. The van der Waals surface area contributed by atoms with E-state index in [-0.39, 0.29) is 11.7 Å². The van der Waals surface area contributed by atoms with Gasteiger partial charge in [0.1, 0.15) is 5.60 Å². The minimum Gasteiger partial charge on any atom is -0.457 e. The quantitative estimate of drug-likeness (QED) is 0.420. The van der Waals surface area contributed by atoms with E-state index in [1.807, 2.05) is 0 Å². The standard InChI is InChI=1S/C26H25Cl2N3O3S/c1-15-22(25(33)34-26(2,3)4)23(16-8-10-17(27)11-9-16)20(13-29)24(30-15)35-14-21(32)31-19-7-5-6-18(28)12-19/h5-12,23,30H,14H2,1-4H3,(H,31,32)/t23-/m1/s1. The van der Waals surface area contributed by atoms with Gasteiger partial charge in [-0.25, -0.2) is 4.79 Å². The van der Waals surface area contributed by atoms with Crippen molar-refractivity contribution in [1.29, 1.82) is 5.26 Å². The van der Waals surface area contributed by atoms with Gasteiger partial charge in [0.15, 0.2) is 0 Å². The number of nitrogens with zero attached hydrogens (tertiary/aromatic N) is 1. The lowest BCUT2D eigenvalue weighted by atomic mass is 9.82. The van der Waals surface area contributed by atoms with Crippen LogP contribution in [0.3, 0.4) is 0 Å². The summed E-state index contributed by atoms with van der Waals surface area (Å²) in [6.45, 7) is 7.11. The first-order chi connectivity index (χ1) is 16.5. The third-order valence-corrected chi connectivity index (χ3v) is 6.43. The third kappa shape index (κ3) is 7.04. The van der Waals surface area contributed by atoms with Crippen molar-refractivity contribution in [3.05, 3.63) is 86.0 Å². The number of carbonyl (C=O) groups excluding carboxylic acids is 2. The highest BCUT2D eigenvalue weighted by molar-refractivity contribution is 8.03. The lowest BCUT2D eigenvalue weighted by Crippen LogP contribution is -2.32. The summed E-state index contributed by atoms with van der Waals surface area (Å²) in [5, 5.41) is 17.6. The maximum absolute atomic E-state index is 13.2. The Morgan fingerprint density at radius 1 is 1.14 bits per heavy atom. The van der Waals surface area contributed by atoms with Crippen LogP contribution in [0, 0.1) is 11.3 Å². The van der Waals surface area contributed by atoms with Crippen molar-refractivity contribution in [2.45, 2.75) is 39.2 Å². The molecule has 0 aromatic heterocycles. The van der Waals surface area contributed by atoms with Crippen LogP contribution in [0.15, 0.2) is 70.4 Å². The minimum atomic E-state index is -0.709. The van der Waals surface area contributed by atoms with E-state index < -0.39 is 17.5 Å². The summed E-state index contributed by atoms with van der Waals surface area (Å²) in [7, 11) is 0. The number of allylic oxidation sites excluding steroid dienone is 2. The molecule has 1 aliphatic heterocycles. The zero-order chi connectivity index (χ0) is 25.8. The summed E-state index contributed by atoms with van der Waals surface area (Å²) >= 11 is 13.2. The van der Waals surface area contributed by atoms with Crippen LogP contribution in [0.1, 0.15) is 39.2 Å². The summed E-state index contributed by atoms with van der Waals surface area (Å²) in [6.07, 6.45) is 0. The Balaban J connectivity index is 1.92. The number of esters is 1. The number of halogens is 2. The van der Waals surface area contributed by atoms with Crippen LogP contribution < -0.4 is 10.6 Å². The van der Waals surface area contributed by atoms with Crippen molar-refractivity contribution in [2.24, 2.45) is 0 Å². The molecule has 0 unspecified atom stereocenters. The second kappa shape index (κ2) is 11.2. The highest BCUT2D eigenvalue weighted by Crippen LogP contribution is 2.41. The van der Waals surface area contributed by atoms with Gasteiger partial charge in [0.25, 0.3) is 0 Å². The fourth-order valence-electron chi connectivity index (χ4n) is 3.52. The molecular formula is C26H25Cl2N3O3S. The van der Waals surface area contributed by atoms with E-state index in [0.717, 1.165) is 0 Å². The van der Waals surface area contributed by atoms with Gasteiger partial charge in [-0.1, -0.05) is 53.2 Å². The lowest BCUT2D eigenvalue weighted by Gasteiger charge is -2.31. The van der Waals surface area contributed by atoms with Gasteiger partial charge >= 0.3 is 5.97 Å². The van der Waals surface area contributed by atoms with E-state index >= 15 is 0 Å². The molecule has 2 N–H and O–H groups in total. The van der Waals surface area contributed by atoms with Crippen LogP contribution >= 0.6 is 35.0 Å². The first kappa shape index (κ1) is 26.7. The third-order valence-electron chi connectivity index (χ3n) is 4.93. The molecule has 35 heavy (non-hydrogen) atoms. The Bertz CT molecular complexity index is 1240. The SMILES string of the molecule is CC1=C(C(=O)OC(C)(C)C)[C@H](c2ccc(Cl)cc2)C(C#N)=C(SCC(=O)Nc2cccc(Cl)c2)N1. The van der Waals surface area contributed by atoms with Gasteiger partial charge in [0.05, 0.1) is 33.9 Å². The highest BCUT2D eigenvalue weighted by Gasteiger charge is 2.37. The number of ether oxygens (including phenoxy) is 1. The van der Waals surface area contributed by atoms with Crippen molar-refractivity contribution in [1.82, 2.24) is 5.32 Å². The van der Waals surface area contributed by atoms with Gasteiger partial charge in [-0.15, -0.1) is 0 Å². The summed E-state index contributed by atoms with van der Waals surface area (Å²) in [5.41, 5.74) is 1.80. The van der Waals surface area contributed by atoms with E-state index in [2.05, 4.69) is 16.7 Å². The van der Waals surface area contributed by atoms with Gasteiger partial charge in [0.2, 0.25) is 5.91 Å². The Kier molecular flexibility index (Phi) is 8.55. The number of nitrogens with one attached hydrogen (secondary N) is 2. The summed E-state index contributed by atoms with van der Waals surface area (Å²) < 4.78 is 5.65. The zero-order valence-electron chi connectivity index (χ0n) is 19.7. The van der Waals surface area contributed by atoms with Crippen molar-refractivity contribution in [2.75, 3.05) is 11.1 Å². The highest BCUT2D eigenvalue weighted by atomic mass is 35.5. The van der Waals surface area contributed by atoms with Gasteiger partial charge < -0.3 is 15.4 Å². The Morgan fingerprint density at radius 2 is 1.83 bits per heavy atom. The predicted octanol–water partition coefficient (Wildman–Crippen LogP) is 6.40. The summed E-state index contributed by atoms with van der Waals surface area (Å²) in [5.74, 6) is -1.40. The average Bonchev–Trinajstić information content (AvgIpc) is 2.76. The van der Waals surface area contributed by atoms with Crippen molar-refractivity contribution in [3.63, 3.8) is 0 Å². The van der Waals surface area contributed by atoms with Gasteiger partial charge in [0, 0.05) is 21.4 Å². The number of nitriles is 1. The Morgan fingerprint density at radius 3 is 2.43 bits per heavy atom. The van der Waals surface area contributed by atoms with Crippen LogP contribution in [0.2, 0.25) is 10.0 Å². The monoisotopic (exact) mass is 529 g/mol. The number of dihydropyridines is 1. The molecule has 0 fully saturated rings. The molecule has 0 spiro atoms. The smallest absolute Gasteiger partial charge is 0.337 e. The topological polar surface area (TPSA) is 91.2 Å². The molecule has 0 saturated heterocycles. The molecule has 1 heterocycles. The molecule has 6 nitrogen and oxygen atoms in total. The average molecular weight is 530 g/mol. The molecule has 2 aromatic carbocycles. The van der Waals surface area contributed by atoms with E-state index in [4.69, 9.17) is 27.9 Å². The molecule has 0 bridgehead atoms. The molecule has 1 aliphatic rings. The number of thioether (sulfide) groups is 1. The molecule has 0 saturated carbocycles. The number of hydrogen-bond donors (Lipinski definition) is 2. The van der Waals surface area contributed by atoms with Crippen LogP contribution in [0.25, 0.3) is 0 Å². The normalized spacial score (nSPS) is 15.9. The fraction of sp³-hybridized carbons (Fsp3) is 0.269. The number of amides is 1. The number of hydrogen-bond acceptors (Lipinski definition) is 6. The lowest BCUT2D eigenvalue weighted by molar-refractivity contribution is -0.150. The summed E-state index contributed by atoms with van der Waals surface area (Å²) in [6, 6.07) is 16.1. The van der Waals surface area contributed by atoms with Crippen LogP contribution in [0.4, 0.5) is 5.69 Å². The van der Waals surface area contributed by atoms with Crippen molar-refractivity contribution >= 4 is 52.5 Å². The second-order valence-electron chi connectivity index (χ2n) is 8.85. The number of rotatable bonds is 6. The first-order valence-electron chi connectivity index (χ1n) is 10.8. The van der Waals surface area contributed by atoms with E-state index in [1.165, 1.54) is 11.8 Å². The summed E-state index contributed by atoms with van der Waals surface area (Å²) in [4.78, 5) is 25.7. The van der Waals surface area contributed by atoms with E-state index in [0.29, 0.717) is 43.2 Å². The van der Waals surface area contributed by atoms with E-state index in [1.54, 1.807) is 76.2 Å². The van der Waals surface area contributed by atoms with Crippen LogP contribution in [-0.4, -0.2) is 23.2 Å². The Hall–Kier alpha value is -2.92. The maximum atomic E-state index is 13.2. The molecular weight excluding hydrogens is 505 g/mol. The molecule has 0 radical (unpaired) electrons. The molecule has 2 aromatic rings. The van der Waals surface area contributed by atoms with Gasteiger partial charge in [-0.05, 0) is 63.6 Å². The number of carbonyl (C=O) groups is 2. The van der Waals surface area contributed by atoms with Crippen LogP contribution in [-0.2, 0) is 14.3 Å². The number of benzene rings is 2. The molecule has 182 valence electrons. The van der Waals surface area contributed by atoms with E-state index in [9.17, 15) is 14.9 Å². The van der Waals surface area contributed by atoms with Crippen molar-refractivity contribution < 1.29 is 14.3 Å². The second-order valence-corrected chi connectivity index (χ2v) is 10.7. The largest absolute Gasteiger partial charge is 0.457 e. The van der Waals surface area contributed by atoms with Crippen LogP contribution in [0.5, 0.6) is 0 Å². The molecule has 1 amide bonds. The van der Waals surface area contributed by atoms with Gasteiger partial charge in [-0.2, -0.15) is 5.26 Å². The first-order valence-corrected chi connectivity index (χ1v) is 12.5. The van der Waals surface area contributed by atoms with Gasteiger partial charge in [-0.3, -0.25) is 4.79 Å². The molecule has 9 heteroatoms. The minimum absolute atomic E-state index is 0.0441. The molecule has 0 aliphatic carbocycles.